The second-order valence-corrected chi connectivity index (χ2v) is 6.92. The van der Waals surface area contributed by atoms with E-state index in [0.29, 0.717) is 23.6 Å². The van der Waals surface area contributed by atoms with E-state index in [1.165, 1.54) is 0 Å². The molecule has 0 bridgehead atoms. The first-order valence-corrected chi connectivity index (χ1v) is 9.44. The fourth-order valence-corrected chi connectivity index (χ4v) is 3.32. The molecule has 144 valence electrons. The molecule has 1 aromatic heterocycles. The second-order valence-electron chi connectivity index (χ2n) is 6.92. The van der Waals surface area contributed by atoms with E-state index in [1.807, 2.05) is 84.3 Å². The molecule has 0 aliphatic heterocycles. The van der Waals surface area contributed by atoms with Crippen LogP contribution in [0.3, 0.4) is 0 Å². The van der Waals surface area contributed by atoms with Crippen LogP contribution in [0.15, 0.2) is 90.0 Å². The Morgan fingerprint density at radius 3 is 2.41 bits per heavy atom. The van der Waals surface area contributed by atoms with Gasteiger partial charge >= 0.3 is 0 Å². The minimum Gasteiger partial charge on any atom is -0.399 e. The van der Waals surface area contributed by atoms with Crippen molar-refractivity contribution in [2.45, 2.75) is 13.5 Å². The molecule has 0 saturated heterocycles. The number of hydrazone groups is 1. The number of nitrogens with one attached hydrogen (secondary N) is 1. The molecule has 0 radical (unpaired) electrons. The van der Waals surface area contributed by atoms with E-state index in [-0.39, 0.29) is 5.91 Å². The average Bonchev–Trinajstić information content (AvgIpc) is 3.11. The smallest absolute Gasteiger partial charge is 0.288 e. The summed E-state index contributed by atoms with van der Waals surface area (Å²) in [5, 5.41) is 5.30. The number of amides is 1. The number of nitrogen functional groups attached to an aromatic ring is 1. The molecule has 3 aromatic carbocycles. The van der Waals surface area contributed by atoms with Crippen molar-refractivity contribution in [1.29, 1.82) is 0 Å². The maximum atomic E-state index is 13.0. The van der Waals surface area contributed by atoms with Gasteiger partial charge in [0.25, 0.3) is 5.91 Å². The summed E-state index contributed by atoms with van der Waals surface area (Å²) in [6.45, 7) is 2.46. The van der Waals surface area contributed by atoms with Gasteiger partial charge in [-0.25, -0.2) is 5.43 Å². The number of hydrogen-bond donors (Lipinski definition) is 2. The standard InChI is InChI=1S/C24H22N4O/c1-17(19-11-13-21(25)14-12-19)26-27-24(29)23-15-20-9-5-6-10-22(20)28(23)16-18-7-3-2-4-8-18/h2-15H,16,25H2,1H3,(H,27,29)/b26-17-. The van der Waals surface area contributed by atoms with Gasteiger partial charge in [0, 0.05) is 23.1 Å². The Balaban J connectivity index is 1.64. The number of nitrogens with zero attached hydrogens (tertiary/aromatic N) is 2. The highest BCUT2D eigenvalue weighted by Gasteiger charge is 2.15. The van der Waals surface area contributed by atoms with Crippen molar-refractivity contribution in [3.8, 4) is 0 Å². The lowest BCUT2D eigenvalue weighted by molar-refractivity contribution is 0.0946. The molecule has 0 aliphatic rings. The maximum absolute atomic E-state index is 13.0. The fraction of sp³-hybridized carbons (Fsp3) is 0.0833. The Kier molecular flexibility index (Phi) is 5.12. The zero-order valence-electron chi connectivity index (χ0n) is 16.2. The Labute approximate surface area is 169 Å². The van der Waals surface area contributed by atoms with Gasteiger partial charge in [-0.2, -0.15) is 5.10 Å². The van der Waals surface area contributed by atoms with Crippen molar-refractivity contribution < 1.29 is 4.79 Å². The SMILES string of the molecule is C/C(=N/NC(=O)c1cc2ccccc2n1Cc1ccccc1)c1ccc(N)cc1. The molecule has 4 rings (SSSR count). The van der Waals surface area contributed by atoms with Crippen LogP contribution in [0.1, 0.15) is 28.5 Å². The van der Waals surface area contributed by atoms with Gasteiger partial charge in [-0.05, 0) is 42.3 Å². The van der Waals surface area contributed by atoms with Crippen molar-refractivity contribution in [1.82, 2.24) is 9.99 Å². The van der Waals surface area contributed by atoms with Gasteiger partial charge in [-0.1, -0.05) is 60.7 Å². The summed E-state index contributed by atoms with van der Waals surface area (Å²) in [4.78, 5) is 13.0. The van der Waals surface area contributed by atoms with E-state index in [9.17, 15) is 4.79 Å². The molecule has 29 heavy (non-hydrogen) atoms. The first kappa shape index (κ1) is 18.5. The van der Waals surface area contributed by atoms with E-state index in [2.05, 4.69) is 22.7 Å². The highest BCUT2D eigenvalue weighted by Crippen LogP contribution is 2.21. The van der Waals surface area contributed by atoms with Crippen LogP contribution < -0.4 is 11.2 Å². The number of benzene rings is 3. The summed E-state index contributed by atoms with van der Waals surface area (Å²) in [7, 11) is 0. The number of nitrogens with two attached hydrogens (primary N) is 1. The van der Waals surface area contributed by atoms with Gasteiger partial charge < -0.3 is 10.3 Å². The second kappa shape index (κ2) is 8.02. The van der Waals surface area contributed by atoms with Crippen LogP contribution in [0.2, 0.25) is 0 Å². The van der Waals surface area contributed by atoms with E-state index >= 15 is 0 Å². The lowest BCUT2D eigenvalue weighted by Gasteiger charge is -2.10. The molecule has 3 N–H and O–H groups in total. The van der Waals surface area contributed by atoms with Crippen molar-refractivity contribution in [3.63, 3.8) is 0 Å². The first-order chi connectivity index (χ1) is 14.1. The van der Waals surface area contributed by atoms with Crippen LogP contribution in [0.5, 0.6) is 0 Å². The van der Waals surface area contributed by atoms with Crippen LogP contribution in [-0.2, 0) is 6.54 Å². The Morgan fingerprint density at radius 1 is 0.966 bits per heavy atom. The minimum absolute atomic E-state index is 0.244. The highest BCUT2D eigenvalue weighted by atomic mass is 16.2. The van der Waals surface area contributed by atoms with Gasteiger partial charge in [0.05, 0.1) is 5.71 Å². The number of hydrogen-bond acceptors (Lipinski definition) is 3. The number of anilines is 1. The molecule has 0 aliphatic carbocycles. The van der Waals surface area contributed by atoms with Crippen molar-refractivity contribution in [2.75, 3.05) is 5.73 Å². The maximum Gasteiger partial charge on any atom is 0.288 e. The van der Waals surface area contributed by atoms with Crippen molar-refractivity contribution >= 4 is 28.2 Å². The molecule has 1 heterocycles. The van der Waals surface area contributed by atoms with E-state index in [0.717, 1.165) is 22.0 Å². The van der Waals surface area contributed by atoms with Gasteiger partial charge in [0.1, 0.15) is 5.69 Å². The zero-order valence-corrected chi connectivity index (χ0v) is 16.2. The number of carbonyl (C=O) groups is 1. The number of rotatable bonds is 5. The molecular formula is C24H22N4O. The van der Waals surface area contributed by atoms with Crippen LogP contribution >= 0.6 is 0 Å². The molecule has 5 heteroatoms. The molecular weight excluding hydrogens is 360 g/mol. The third-order valence-corrected chi connectivity index (χ3v) is 4.88. The Morgan fingerprint density at radius 2 is 1.66 bits per heavy atom. The Bertz CT molecular complexity index is 1170. The van der Waals surface area contributed by atoms with Crippen molar-refractivity contribution in [3.05, 3.63) is 102 Å². The molecule has 1 amide bonds. The molecule has 0 unspecified atom stereocenters. The lowest BCUT2D eigenvalue weighted by atomic mass is 10.1. The Hall–Kier alpha value is -3.86. The zero-order chi connectivity index (χ0) is 20.2. The number of carbonyl (C=O) groups excluding carboxylic acids is 1. The van der Waals surface area contributed by atoms with Crippen LogP contribution in [0, 0.1) is 0 Å². The first-order valence-electron chi connectivity index (χ1n) is 9.44. The van der Waals surface area contributed by atoms with Gasteiger partial charge in [-0.3, -0.25) is 4.79 Å². The third kappa shape index (κ3) is 4.04. The van der Waals surface area contributed by atoms with E-state index in [1.54, 1.807) is 0 Å². The fourth-order valence-electron chi connectivity index (χ4n) is 3.32. The summed E-state index contributed by atoms with van der Waals surface area (Å²) in [5.41, 5.74) is 13.5. The monoisotopic (exact) mass is 382 g/mol. The topological polar surface area (TPSA) is 72.4 Å². The van der Waals surface area contributed by atoms with Gasteiger partial charge in [-0.15, -0.1) is 0 Å². The average molecular weight is 382 g/mol. The molecule has 5 nitrogen and oxygen atoms in total. The predicted molar refractivity (Wildman–Crippen MR) is 118 cm³/mol. The minimum atomic E-state index is -0.244. The summed E-state index contributed by atoms with van der Waals surface area (Å²) >= 11 is 0. The molecule has 0 saturated carbocycles. The normalized spacial score (nSPS) is 11.6. The lowest BCUT2D eigenvalue weighted by Crippen LogP contribution is -2.23. The molecule has 4 aromatic rings. The van der Waals surface area contributed by atoms with Crippen LogP contribution in [0.25, 0.3) is 10.9 Å². The van der Waals surface area contributed by atoms with E-state index < -0.39 is 0 Å². The number of aromatic nitrogens is 1. The predicted octanol–water partition coefficient (Wildman–Crippen LogP) is 4.43. The van der Waals surface area contributed by atoms with Gasteiger partial charge in [0.15, 0.2) is 0 Å². The van der Waals surface area contributed by atoms with Crippen LogP contribution in [0.4, 0.5) is 5.69 Å². The molecule has 0 fully saturated rings. The summed E-state index contributed by atoms with van der Waals surface area (Å²) in [6.07, 6.45) is 0. The van der Waals surface area contributed by atoms with Gasteiger partial charge in [0.2, 0.25) is 0 Å². The molecule has 0 atom stereocenters. The van der Waals surface area contributed by atoms with Crippen molar-refractivity contribution in [2.24, 2.45) is 5.10 Å². The largest absolute Gasteiger partial charge is 0.399 e. The van der Waals surface area contributed by atoms with Crippen LogP contribution in [-0.4, -0.2) is 16.2 Å². The van der Waals surface area contributed by atoms with E-state index in [4.69, 9.17) is 5.73 Å². The summed E-state index contributed by atoms with van der Waals surface area (Å²) in [5.74, 6) is -0.244. The number of fused-ring (bicyclic) bond motifs is 1. The number of para-hydroxylation sites is 1. The third-order valence-electron chi connectivity index (χ3n) is 4.88. The highest BCUT2D eigenvalue weighted by molar-refractivity contribution is 6.02. The molecule has 0 spiro atoms. The summed E-state index contributed by atoms with van der Waals surface area (Å²) in [6, 6.07) is 27.4. The summed E-state index contributed by atoms with van der Waals surface area (Å²) < 4.78 is 2.02. The quantitative estimate of drug-likeness (QED) is 0.305.